The van der Waals surface area contributed by atoms with Crippen molar-refractivity contribution in [2.45, 2.75) is 13.1 Å². The molecule has 0 saturated heterocycles. The molecule has 0 radical (unpaired) electrons. The van der Waals surface area contributed by atoms with Crippen LogP contribution in [-0.2, 0) is 6.18 Å². The topological polar surface area (TPSA) is 41.4 Å². The first kappa shape index (κ1) is 15.9. The highest BCUT2D eigenvalue weighted by Gasteiger charge is 2.36. The molecule has 2 rings (SSSR count). The number of halogens is 3. The number of nitrogens with zero attached hydrogens (tertiary/aromatic N) is 4. The van der Waals surface area contributed by atoms with Gasteiger partial charge in [-0.05, 0) is 13.0 Å². The lowest BCUT2D eigenvalue weighted by atomic mass is 10.1. The Morgan fingerprint density at radius 2 is 1.95 bits per heavy atom. The normalized spacial score (nSPS) is 11.9. The summed E-state index contributed by atoms with van der Waals surface area (Å²) >= 11 is 0. The fraction of sp³-hybridized carbons (Fsp3) is 0.267. The first-order valence-corrected chi connectivity index (χ1v) is 6.49. The van der Waals surface area contributed by atoms with E-state index in [4.69, 9.17) is 0 Å². The largest absolute Gasteiger partial charge is 0.435 e. The molecule has 0 spiro atoms. The average molecular weight is 308 g/mol. The van der Waals surface area contributed by atoms with Crippen molar-refractivity contribution in [3.05, 3.63) is 41.7 Å². The standard InChI is InChI=1S/C15H15F3N4/c1-10-5-4-6-11(7-10)13-14(15(16,17)18)19-8-12(21-13)20-9-22(2)3/h4-9H,1-3H3/b20-9-. The van der Waals surface area contributed by atoms with Crippen LogP contribution in [0, 0.1) is 6.92 Å². The fourth-order valence-electron chi connectivity index (χ4n) is 1.82. The summed E-state index contributed by atoms with van der Waals surface area (Å²) in [4.78, 5) is 13.2. The molecule has 0 aliphatic carbocycles. The summed E-state index contributed by atoms with van der Waals surface area (Å²) in [6.45, 7) is 1.80. The van der Waals surface area contributed by atoms with E-state index in [0.29, 0.717) is 5.56 Å². The van der Waals surface area contributed by atoms with Gasteiger partial charge in [-0.15, -0.1) is 0 Å². The molecule has 0 fully saturated rings. The van der Waals surface area contributed by atoms with Crippen LogP contribution in [0.3, 0.4) is 0 Å². The van der Waals surface area contributed by atoms with Crippen molar-refractivity contribution in [3.8, 4) is 11.3 Å². The highest BCUT2D eigenvalue weighted by atomic mass is 19.4. The van der Waals surface area contributed by atoms with Gasteiger partial charge in [0.2, 0.25) is 0 Å². The van der Waals surface area contributed by atoms with Gasteiger partial charge in [-0.25, -0.2) is 15.0 Å². The van der Waals surface area contributed by atoms with Crippen LogP contribution >= 0.6 is 0 Å². The number of aliphatic imine (C=N–C) groups is 1. The molecule has 1 aromatic carbocycles. The molecule has 2 aromatic rings. The van der Waals surface area contributed by atoms with Crippen LogP contribution in [0.15, 0.2) is 35.5 Å². The van der Waals surface area contributed by atoms with E-state index >= 15 is 0 Å². The monoisotopic (exact) mass is 308 g/mol. The van der Waals surface area contributed by atoms with Crippen molar-refractivity contribution in [2.75, 3.05) is 14.1 Å². The Kier molecular flexibility index (Phi) is 4.44. The van der Waals surface area contributed by atoms with E-state index in [9.17, 15) is 13.2 Å². The molecule has 0 unspecified atom stereocenters. The Morgan fingerprint density at radius 3 is 2.55 bits per heavy atom. The number of aryl methyl sites for hydroxylation is 1. The molecule has 0 atom stereocenters. The van der Waals surface area contributed by atoms with Crippen LogP contribution in [0.25, 0.3) is 11.3 Å². The number of hydrogen-bond acceptors (Lipinski definition) is 3. The van der Waals surface area contributed by atoms with Crippen molar-refractivity contribution in [3.63, 3.8) is 0 Å². The van der Waals surface area contributed by atoms with E-state index in [2.05, 4.69) is 15.0 Å². The zero-order chi connectivity index (χ0) is 16.3. The van der Waals surface area contributed by atoms with Crippen LogP contribution in [0.1, 0.15) is 11.3 Å². The quantitative estimate of drug-likeness (QED) is 0.641. The summed E-state index contributed by atoms with van der Waals surface area (Å²) in [5.74, 6) is 0.123. The van der Waals surface area contributed by atoms with E-state index < -0.39 is 11.9 Å². The van der Waals surface area contributed by atoms with E-state index in [1.165, 1.54) is 6.34 Å². The van der Waals surface area contributed by atoms with E-state index in [0.717, 1.165) is 11.8 Å². The maximum Gasteiger partial charge on any atom is 0.435 e. The van der Waals surface area contributed by atoms with Gasteiger partial charge < -0.3 is 4.90 Å². The van der Waals surface area contributed by atoms with Crippen molar-refractivity contribution in [1.82, 2.24) is 14.9 Å². The summed E-state index contributed by atoms with van der Waals surface area (Å²) < 4.78 is 39.4. The van der Waals surface area contributed by atoms with Crippen molar-refractivity contribution < 1.29 is 13.2 Å². The van der Waals surface area contributed by atoms with E-state index in [-0.39, 0.29) is 11.5 Å². The molecule has 1 aromatic heterocycles. The number of alkyl halides is 3. The molecule has 0 amide bonds. The summed E-state index contributed by atoms with van der Waals surface area (Å²) in [5.41, 5.74) is -0.0251. The number of benzene rings is 1. The molecule has 0 N–H and O–H groups in total. The van der Waals surface area contributed by atoms with Gasteiger partial charge in [-0.1, -0.05) is 23.8 Å². The number of rotatable bonds is 3. The Morgan fingerprint density at radius 1 is 1.23 bits per heavy atom. The van der Waals surface area contributed by atoms with Crippen molar-refractivity contribution in [1.29, 1.82) is 0 Å². The first-order chi connectivity index (χ1) is 10.3. The van der Waals surface area contributed by atoms with Crippen LogP contribution < -0.4 is 0 Å². The highest BCUT2D eigenvalue weighted by molar-refractivity contribution is 5.66. The maximum atomic E-state index is 13.1. The Bertz CT molecular complexity index is 693. The van der Waals surface area contributed by atoms with Gasteiger partial charge in [0.15, 0.2) is 11.5 Å². The molecule has 22 heavy (non-hydrogen) atoms. The third-order valence-corrected chi connectivity index (χ3v) is 2.74. The summed E-state index contributed by atoms with van der Waals surface area (Å²) in [5, 5.41) is 0. The molecule has 0 aliphatic rings. The predicted octanol–water partition coefficient (Wildman–Crippen LogP) is 3.69. The minimum absolute atomic E-state index is 0.123. The smallest absolute Gasteiger partial charge is 0.369 e. The first-order valence-electron chi connectivity index (χ1n) is 6.49. The molecule has 116 valence electrons. The van der Waals surface area contributed by atoms with Gasteiger partial charge in [0.25, 0.3) is 0 Å². The molecule has 4 nitrogen and oxygen atoms in total. The summed E-state index contributed by atoms with van der Waals surface area (Å²) in [7, 11) is 3.50. The summed E-state index contributed by atoms with van der Waals surface area (Å²) in [6.07, 6.45) is -2.10. The van der Waals surface area contributed by atoms with E-state index in [1.807, 2.05) is 0 Å². The minimum atomic E-state index is -4.57. The second-order valence-electron chi connectivity index (χ2n) is 5.00. The average Bonchev–Trinajstić information content (AvgIpc) is 2.44. The molecule has 1 heterocycles. The lowest BCUT2D eigenvalue weighted by Crippen LogP contribution is -2.12. The molecule has 7 heteroatoms. The van der Waals surface area contributed by atoms with Gasteiger partial charge >= 0.3 is 6.18 Å². The number of hydrogen-bond donors (Lipinski definition) is 0. The molecule has 0 bridgehead atoms. The van der Waals surface area contributed by atoms with E-state index in [1.54, 1.807) is 50.2 Å². The lowest BCUT2D eigenvalue weighted by Gasteiger charge is -2.12. The van der Waals surface area contributed by atoms with Gasteiger partial charge in [0.05, 0.1) is 12.5 Å². The molecule has 0 saturated carbocycles. The third-order valence-electron chi connectivity index (χ3n) is 2.74. The third kappa shape index (κ3) is 3.81. The second kappa shape index (κ2) is 6.13. The SMILES string of the molecule is Cc1cccc(-c2nc(/N=C\N(C)C)cnc2C(F)(F)F)c1. The van der Waals surface area contributed by atoms with Gasteiger partial charge in [0.1, 0.15) is 5.69 Å². The van der Waals surface area contributed by atoms with Gasteiger partial charge in [-0.2, -0.15) is 13.2 Å². The summed E-state index contributed by atoms with van der Waals surface area (Å²) in [6, 6.07) is 6.70. The van der Waals surface area contributed by atoms with Gasteiger partial charge in [-0.3, -0.25) is 0 Å². The maximum absolute atomic E-state index is 13.1. The molecular formula is C15H15F3N4. The van der Waals surface area contributed by atoms with Crippen LogP contribution in [0.4, 0.5) is 19.0 Å². The van der Waals surface area contributed by atoms with Crippen molar-refractivity contribution in [2.24, 2.45) is 4.99 Å². The fourth-order valence-corrected chi connectivity index (χ4v) is 1.82. The van der Waals surface area contributed by atoms with Crippen LogP contribution in [0.2, 0.25) is 0 Å². The molecular weight excluding hydrogens is 293 g/mol. The second-order valence-corrected chi connectivity index (χ2v) is 5.00. The predicted molar refractivity (Wildman–Crippen MR) is 79.0 cm³/mol. The molecule has 0 aliphatic heterocycles. The minimum Gasteiger partial charge on any atom is -0.369 e. The van der Waals surface area contributed by atoms with Crippen LogP contribution in [0.5, 0.6) is 0 Å². The van der Waals surface area contributed by atoms with Crippen molar-refractivity contribution >= 4 is 12.2 Å². The highest BCUT2D eigenvalue weighted by Crippen LogP contribution is 2.35. The Labute approximate surface area is 126 Å². The Hall–Kier alpha value is -2.44. The van der Waals surface area contributed by atoms with Gasteiger partial charge in [0, 0.05) is 19.7 Å². The zero-order valence-corrected chi connectivity index (χ0v) is 12.4. The lowest BCUT2D eigenvalue weighted by molar-refractivity contribution is -0.140. The zero-order valence-electron chi connectivity index (χ0n) is 12.4. The Balaban J connectivity index is 2.58. The number of aromatic nitrogens is 2. The van der Waals surface area contributed by atoms with Crippen LogP contribution in [-0.4, -0.2) is 35.3 Å².